The van der Waals surface area contributed by atoms with Gasteiger partial charge in [0.15, 0.2) is 12.4 Å². The monoisotopic (exact) mass is 425 g/mol. The number of ketones is 1. The molecule has 2 aromatic rings. The van der Waals surface area contributed by atoms with Crippen LogP contribution in [0.5, 0.6) is 0 Å². The van der Waals surface area contributed by atoms with Gasteiger partial charge in [-0.1, -0.05) is 30.3 Å². The fraction of sp³-hybridized carbons (Fsp3) is 0.375. The maximum atomic E-state index is 12.3. The number of thioether (sulfide) groups is 1. The van der Waals surface area contributed by atoms with Gasteiger partial charge in [-0.25, -0.2) is 0 Å². The Morgan fingerprint density at radius 2 is 1.77 bits per heavy atom. The number of Topliss-reactive ketones (excluding diaryl/α,β-unsaturated/α-hetero) is 1. The second-order valence-corrected chi connectivity index (χ2v) is 8.45. The molecule has 3 rings (SSSR count). The first-order chi connectivity index (χ1) is 14.6. The van der Waals surface area contributed by atoms with Crippen molar-refractivity contribution in [2.45, 2.75) is 43.4 Å². The summed E-state index contributed by atoms with van der Waals surface area (Å²) in [4.78, 5) is 37.1. The highest BCUT2D eigenvalue weighted by atomic mass is 32.2. The fourth-order valence-corrected chi connectivity index (χ4v) is 4.26. The van der Waals surface area contributed by atoms with Crippen molar-refractivity contribution in [3.8, 4) is 0 Å². The van der Waals surface area contributed by atoms with Gasteiger partial charge in [0.05, 0.1) is 6.42 Å². The quantitative estimate of drug-likeness (QED) is 0.255. The number of ether oxygens (including phenoxy) is 1. The lowest BCUT2D eigenvalue weighted by atomic mass is 10.0. The zero-order valence-corrected chi connectivity index (χ0v) is 17.8. The Hall–Kier alpha value is -2.60. The smallest absolute Gasteiger partial charge is 0.306 e. The second kappa shape index (κ2) is 11.6. The van der Waals surface area contributed by atoms with Gasteiger partial charge in [0.25, 0.3) is 5.91 Å². The summed E-state index contributed by atoms with van der Waals surface area (Å²) in [6.07, 6.45) is 4.12. The van der Waals surface area contributed by atoms with E-state index in [9.17, 15) is 14.4 Å². The summed E-state index contributed by atoms with van der Waals surface area (Å²) in [6, 6.07) is 15.9. The minimum Gasteiger partial charge on any atom is -0.456 e. The maximum Gasteiger partial charge on any atom is 0.306 e. The van der Waals surface area contributed by atoms with Gasteiger partial charge < -0.3 is 10.1 Å². The molecule has 2 aromatic carbocycles. The van der Waals surface area contributed by atoms with Crippen molar-refractivity contribution >= 4 is 29.4 Å². The van der Waals surface area contributed by atoms with E-state index < -0.39 is 5.97 Å². The number of aryl methyl sites for hydroxylation is 2. The molecule has 0 saturated heterocycles. The van der Waals surface area contributed by atoms with E-state index in [-0.39, 0.29) is 31.1 Å². The van der Waals surface area contributed by atoms with Crippen LogP contribution in [-0.4, -0.2) is 36.6 Å². The predicted molar refractivity (Wildman–Crippen MR) is 118 cm³/mol. The molecule has 1 aliphatic rings. The average molecular weight is 426 g/mol. The van der Waals surface area contributed by atoms with E-state index in [1.165, 1.54) is 16.0 Å². The molecule has 1 amide bonds. The highest BCUT2D eigenvalue weighted by Crippen LogP contribution is 2.23. The average Bonchev–Trinajstić information content (AvgIpc) is 3.24. The summed E-state index contributed by atoms with van der Waals surface area (Å²) in [6.45, 7) is 0.227. The third kappa shape index (κ3) is 7.02. The van der Waals surface area contributed by atoms with E-state index in [0.29, 0.717) is 12.1 Å². The summed E-state index contributed by atoms with van der Waals surface area (Å²) >= 11 is 1.74. The number of nitrogens with one attached hydrogen (secondary N) is 1. The van der Waals surface area contributed by atoms with Gasteiger partial charge in [-0.2, -0.15) is 0 Å². The van der Waals surface area contributed by atoms with Gasteiger partial charge in [0.1, 0.15) is 0 Å². The molecule has 0 aliphatic heterocycles. The Labute approximate surface area is 181 Å². The van der Waals surface area contributed by atoms with E-state index in [1.807, 2.05) is 36.4 Å². The summed E-state index contributed by atoms with van der Waals surface area (Å²) in [7, 11) is 0. The van der Waals surface area contributed by atoms with Crippen LogP contribution in [0.15, 0.2) is 53.4 Å². The van der Waals surface area contributed by atoms with Crippen LogP contribution in [0, 0.1) is 0 Å². The molecule has 0 unspecified atom stereocenters. The minimum absolute atomic E-state index is 0.0170. The summed E-state index contributed by atoms with van der Waals surface area (Å²) in [5.41, 5.74) is 3.20. The number of hydrogen-bond acceptors (Lipinski definition) is 5. The predicted octanol–water partition coefficient (Wildman–Crippen LogP) is 3.98. The third-order valence-electron chi connectivity index (χ3n) is 5.00. The van der Waals surface area contributed by atoms with Crippen LogP contribution in [0.4, 0.5) is 0 Å². The maximum absolute atomic E-state index is 12.3. The van der Waals surface area contributed by atoms with Gasteiger partial charge in [-0.15, -0.1) is 11.8 Å². The third-order valence-corrected chi connectivity index (χ3v) is 6.09. The molecule has 1 aliphatic carbocycles. The van der Waals surface area contributed by atoms with Crippen molar-refractivity contribution in [3.05, 3.63) is 65.2 Å². The number of carbonyl (C=O) groups is 3. The fourth-order valence-electron chi connectivity index (χ4n) is 3.38. The molecule has 0 saturated carbocycles. The lowest BCUT2D eigenvalue weighted by Crippen LogP contribution is -2.29. The van der Waals surface area contributed by atoms with Crippen molar-refractivity contribution in [2.75, 3.05) is 18.9 Å². The highest BCUT2D eigenvalue weighted by molar-refractivity contribution is 7.99. The molecule has 0 atom stereocenters. The number of esters is 1. The molecule has 0 radical (unpaired) electrons. The zero-order valence-electron chi connectivity index (χ0n) is 17.0. The minimum atomic E-state index is -0.528. The van der Waals surface area contributed by atoms with Crippen LogP contribution in [0.2, 0.25) is 0 Å². The van der Waals surface area contributed by atoms with E-state index in [4.69, 9.17) is 4.74 Å². The van der Waals surface area contributed by atoms with Gasteiger partial charge >= 0.3 is 5.97 Å². The molecule has 0 fully saturated rings. The van der Waals surface area contributed by atoms with Crippen molar-refractivity contribution in [1.29, 1.82) is 0 Å². The van der Waals surface area contributed by atoms with E-state index in [2.05, 4.69) is 17.4 Å². The number of hydrogen-bond donors (Lipinski definition) is 1. The van der Waals surface area contributed by atoms with Gasteiger partial charge in [-0.3, -0.25) is 14.4 Å². The standard InChI is InChI=1S/C24H27NO4S/c26-22(20-11-10-18-6-4-7-19(18)16-20)12-13-24(28)29-17-23(27)25-14-5-15-30-21-8-2-1-3-9-21/h1-3,8-11,16H,4-7,12-15,17H2,(H,25,27). The zero-order chi connectivity index (χ0) is 21.2. The molecule has 0 heterocycles. The Morgan fingerprint density at radius 3 is 2.60 bits per heavy atom. The largest absolute Gasteiger partial charge is 0.456 e. The van der Waals surface area contributed by atoms with Crippen LogP contribution in [0.1, 0.15) is 47.2 Å². The number of fused-ring (bicyclic) bond motifs is 1. The van der Waals surface area contributed by atoms with Crippen LogP contribution < -0.4 is 5.32 Å². The Balaban J connectivity index is 1.26. The first kappa shape index (κ1) is 22.1. The normalized spacial score (nSPS) is 12.3. The summed E-state index contributed by atoms with van der Waals surface area (Å²) in [5.74, 6) is -0.0196. The van der Waals surface area contributed by atoms with Crippen LogP contribution >= 0.6 is 11.8 Å². The summed E-state index contributed by atoms with van der Waals surface area (Å²) in [5, 5.41) is 2.74. The van der Waals surface area contributed by atoms with Gasteiger partial charge in [0.2, 0.25) is 0 Å². The Morgan fingerprint density at radius 1 is 0.967 bits per heavy atom. The van der Waals surface area contributed by atoms with Crippen molar-refractivity contribution < 1.29 is 19.1 Å². The van der Waals surface area contributed by atoms with Gasteiger partial charge in [-0.05, 0) is 60.8 Å². The number of carbonyl (C=O) groups excluding carboxylic acids is 3. The lowest BCUT2D eigenvalue weighted by Gasteiger charge is -2.07. The number of benzene rings is 2. The SMILES string of the molecule is O=C(COC(=O)CCC(=O)c1ccc2c(c1)CCC2)NCCCSc1ccccc1. The molecule has 6 heteroatoms. The Bertz CT molecular complexity index is 882. The van der Waals surface area contributed by atoms with Crippen LogP contribution in [0.25, 0.3) is 0 Å². The molecule has 0 bridgehead atoms. The van der Waals surface area contributed by atoms with Crippen molar-refractivity contribution in [3.63, 3.8) is 0 Å². The topological polar surface area (TPSA) is 72.5 Å². The first-order valence-electron chi connectivity index (χ1n) is 10.4. The van der Waals surface area contributed by atoms with Gasteiger partial charge in [0, 0.05) is 23.4 Å². The number of amides is 1. The second-order valence-electron chi connectivity index (χ2n) is 7.29. The molecule has 5 nitrogen and oxygen atoms in total. The molecule has 0 aromatic heterocycles. The highest BCUT2D eigenvalue weighted by Gasteiger charge is 2.15. The van der Waals surface area contributed by atoms with Crippen molar-refractivity contribution in [1.82, 2.24) is 5.32 Å². The first-order valence-corrected chi connectivity index (χ1v) is 11.4. The molecule has 1 N–H and O–H groups in total. The summed E-state index contributed by atoms with van der Waals surface area (Å²) < 4.78 is 4.98. The van der Waals surface area contributed by atoms with Crippen LogP contribution in [0.3, 0.4) is 0 Å². The lowest BCUT2D eigenvalue weighted by molar-refractivity contribution is -0.148. The Kier molecular flexibility index (Phi) is 8.51. The van der Waals surface area contributed by atoms with Crippen LogP contribution in [-0.2, 0) is 27.2 Å². The van der Waals surface area contributed by atoms with E-state index >= 15 is 0 Å². The number of rotatable bonds is 11. The molecule has 0 spiro atoms. The van der Waals surface area contributed by atoms with E-state index in [1.54, 1.807) is 11.8 Å². The van der Waals surface area contributed by atoms with E-state index in [0.717, 1.165) is 31.4 Å². The molecular weight excluding hydrogens is 398 g/mol. The molecule has 30 heavy (non-hydrogen) atoms. The van der Waals surface area contributed by atoms with Crippen molar-refractivity contribution in [2.24, 2.45) is 0 Å². The molecule has 158 valence electrons. The molecular formula is C24H27NO4S.